The molecule has 30 heavy (non-hydrogen) atoms. The molecular weight excluding hydrogens is 403 g/mol. The number of carboxylic acids is 1. The quantitative estimate of drug-likeness (QED) is 0.814. The summed E-state index contributed by atoms with van der Waals surface area (Å²) in [4.78, 5) is 25.9. The molecule has 2 aliphatic rings. The van der Waals surface area contributed by atoms with E-state index in [0.29, 0.717) is 5.92 Å². The van der Waals surface area contributed by atoms with Crippen LogP contribution in [0.15, 0.2) is 34.9 Å². The number of likely N-dealkylation sites (tertiary alicyclic amines) is 1. The van der Waals surface area contributed by atoms with Crippen LogP contribution in [0, 0.1) is 25.7 Å². The number of halogens is 3. The second-order valence-electron chi connectivity index (χ2n) is 7.45. The Morgan fingerprint density at radius 1 is 1.20 bits per heavy atom. The summed E-state index contributed by atoms with van der Waals surface area (Å²) in [5, 5.41) is 11.1. The number of benzene rings is 1. The van der Waals surface area contributed by atoms with Crippen molar-refractivity contribution in [3.8, 4) is 0 Å². The van der Waals surface area contributed by atoms with Crippen LogP contribution in [0.4, 0.5) is 18.9 Å². The van der Waals surface area contributed by atoms with E-state index < -0.39 is 12.1 Å². The molecule has 0 radical (unpaired) electrons. The number of amides is 1. The number of carboxylic acid groups (broad SMARTS) is 1. The second kappa shape index (κ2) is 8.47. The number of hydrogen-bond acceptors (Lipinski definition) is 5. The number of anilines is 1. The van der Waals surface area contributed by atoms with E-state index in [2.05, 4.69) is 10.1 Å². The zero-order valence-corrected chi connectivity index (χ0v) is 16.5. The summed E-state index contributed by atoms with van der Waals surface area (Å²) in [6.45, 7) is 7.37. The van der Waals surface area contributed by atoms with E-state index in [1.54, 1.807) is 0 Å². The second-order valence-corrected chi connectivity index (χ2v) is 7.45. The number of hydrogen-bond donors (Lipinski definition) is 1. The molecule has 0 aliphatic carbocycles. The first kappa shape index (κ1) is 21.8. The summed E-state index contributed by atoms with van der Waals surface area (Å²) in [6.07, 6.45) is -5.08. The molecule has 2 atom stereocenters. The van der Waals surface area contributed by atoms with E-state index in [4.69, 9.17) is 14.4 Å². The third-order valence-corrected chi connectivity index (χ3v) is 5.39. The van der Waals surface area contributed by atoms with Crippen LogP contribution in [0.5, 0.6) is 0 Å². The van der Waals surface area contributed by atoms with Crippen molar-refractivity contribution in [2.75, 3.05) is 24.5 Å². The van der Waals surface area contributed by atoms with E-state index in [9.17, 15) is 18.0 Å². The molecule has 0 saturated carbocycles. The number of alkyl halides is 3. The number of carbonyl (C=O) groups excluding carboxylic acids is 1. The van der Waals surface area contributed by atoms with Crippen LogP contribution in [0.25, 0.3) is 0 Å². The van der Waals surface area contributed by atoms with Gasteiger partial charge in [-0.05, 0) is 26.0 Å². The third-order valence-electron chi connectivity index (χ3n) is 5.39. The van der Waals surface area contributed by atoms with Crippen molar-refractivity contribution >= 4 is 17.6 Å². The maximum absolute atomic E-state index is 12.7. The molecule has 7 nitrogen and oxygen atoms in total. The van der Waals surface area contributed by atoms with Crippen LogP contribution in [0.2, 0.25) is 0 Å². The maximum Gasteiger partial charge on any atom is 0.490 e. The van der Waals surface area contributed by atoms with Gasteiger partial charge in [0.15, 0.2) is 0 Å². The highest BCUT2D eigenvalue weighted by Gasteiger charge is 2.46. The molecule has 2 aliphatic heterocycles. The van der Waals surface area contributed by atoms with Crippen LogP contribution < -0.4 is 4.90 Å². The van der Waals surface area contributed by atoms with Crippen LogP contribution >= 0.6 is 0 Å². The Balaban J connectivity index is 0.000000318. The average Bonchev–Trinajstić information content (AvgIpc) is 3.32. The first-order chi connectivity index (χ1) is 14.1. The Labute approximate surface area is 171 Å². The summed E-state index contributed by atoms with van der Waals surface area (Å²) in [5.41, 5.74) is 3.14. The van der Waals surface area contributed by atoms with E-state index >= 15 is 0 Å². The van der Waals surface area contributed by atoms with Crippen molar-refractivity contribution in [3.05, 3.63) is 47.3 Å². The maximum atomic E-state index is 12.7. The van der Waals surface area contributed by atoms with Gasteiger partial charge in [0.25, 0.3) is 0 Å². The molecular formula is C20H22F3N3O4. The van der Waals surface area contributed by atoms with Gasteiger partial charge >= 0.3 is 12.1 Å². The van der Waals surface area contributed by atoms with Crippen molar-refractivity contribution in [3.63, 3.8) is 0 Å². The lowest BCUT2D eigenvalue weighted by Gasteiger charge is -2.21. The molecule has 2 fully saturated rings. The lowest BCUT2D eigenvalue weighted by atomic mass is 10.0. The highest BCUT2D eigenvalue weighted by Crippen LogP contribution is 2.35. The molecule has 162 valence electrons. The summed E-state index contributed by atoms with van der Waals surface area (Å²) in [5.74, 6) is -1.06. The first-order valence-corrected chi connectivity index (χ1v) is 9.38. The third kappa shape index (κ3) is 4.64. The summed E-state index contributed by atoms with van der Waals surface area (Å²) in [7, 11) is 0. The zero-order chi connectivity index (χ0) is 22.1. The Hall–Kier alpha value is -2.88. The van der Waals surface area contributed by atoms with Gasteiger partial charge < -0.3 is 14.5 Å². The van der Waals surface area contributed by atoms with Crippen molar-refractivity contribution in [2.45, 2.75) is 26.6 Å². The minimum atomic E-state index is -5.08. The van der Waals surface area contributed by atoms with Crippen molar-refractivity contribution in [1.82, 2.24) is 10.1 Å². The van der Waals surface area contributed by atoms with E-state index in [1.807, 2.05) is 49.1 Å². The number of fused-ring (bicyclic) bond motifs is 1. The number of carbonyl (C=O) groups is 2. The smallest absolute Gasteiger partial charge is 0.475 e. The Morgan fingerprint density at radius 2 is 1.83 bits per heavy atom. The van der Waals surface area contributed by atoms with Crippen molar-refractivity contribution in [1.29, 1.82) is 0 Å². The van der Waals surface area contributed by atoms with E-state index in [0.717, 1.165) is 48.9 Å². The van der Waals surface area contributed by atoms with Gasteiger partial charge in [-0.2, -0.15) is 13.2 Å². The normalized spacial score (nSPS) is 21.4. The number of aryl methyl sites for hydroxylation is 2. The van der Waals surface area contributed by atoms with Gasteiger partial charge in [-0.1, -0.05) is 23.4 Å². The van der Waals surface area contributed by atoms with Crippen molar-refractivity contribution < 1.29 is 32.4 Å². The molecule has 1 amide bonds. The van der Waals surface area contributed by atoms with E-state index in [-0.39, 0.29) is 11.8 Å². The van der Waals surface area contributed by atoms with E-state index in [1.165, 1.54) is 0 Å². The van der Waals surface area contributed by atoms with Gasteiger partial charge in [0.05, 0.1) is 11.6 Å². The minimum Gasteiger partial charge on any atom is -0.475 e. The number of aromatic nitrogens is 1. The van der Waals surface area contributed by atoms with Crippen molar-refractivity contribution in [2.24, 2.45) is 11.8 Å². The van der Waals surface area contributed by atoms with Gasteiger partial charge in [-0.15, -0.1) is 0 Å². The van der Waals surface area contributed by atoms with Gasteiger partial charge in [0, 0.05) is 43.3 Å². The monoisotopic (exact) mass is 425 g/mol. The molecule has 2 aromatic rings. The topological polar surface area (TPSA) is 86.9 Å². The Kier molecular flexibility index (Phi) is 6.16. The van der Waals surface area contributed by atoms with Gasteiger partial charge in [0.1, 0.15) is 5.76 Å². The summed E-state index contributed by atoms with van der Waals surface area (Å²) in [6, 6.07) is 9.98. The van der Waals surface area contributed by atoms with Crippen LogP contribution in [-0.2, 0) is 16.1 Å². The molecule has 0 bridgehead atoms. The predicted molar refractivity (Wildman–Crippen MR) is 101 cm³/mol. The fraction of sp³-hybridized carbons (Fsp3) is 0.450. The van der Waals surface area contributed by atoms with Gasteiger partial charge in [-0.3, -0.25) is 9.69 Å². The fourth-order valence-electron chi connectivity index (χ4n) is 3.87. The zero-order valence-electron chi connectivity index (χ0n) is 16.5. The molecule has 1 aromatic heterocycles. The molecule has 1 aromatic carbocycles. The number of rotatable bonds is 3. The lowest BCUT2D eigenvalue weighted by Crippen LogP contribution is -2.32. The van der Waals surface area contributed by atoms with Crippen LogP contribution in [-0.4, -0.2) is 52.9 Å². The first-order valence-electron chi connectivity index (χ1n) is 9.38. The Morgan fingerprint density at radius 3 is 2.33 bits per heavy atom. The average molecular weight is 425 g/mol. The Bertz CT molecular complexity index is 894. The van der Waals surface area contributed by atoms with Crippen LogP contribution in [0.1, 0.15) is 17.0 Å². The molecule has 1 N–H and O–H groups in total. The largest absolute Gasteiger partial charge is 0.490 e. The SMILES string of the molecule is Cc1noc(C)c1CN1CC2CN(c3ccccc3)C(=O)C2C1.O=C(O)C(F)(F)F. The molecule has 2 saturated heterocycles. The van der Waals surface area contributed by atoms with Crippen LogP contribution in [0.3, 0.4) is 0 Å². The highest BCUT2D eigenvalue weighted by molar-refractivity contribution is 5.98. The predicted octanol–water partition coefficient (Wildman–Crippen LogP) is 3.02. The van der Waals surface area contributed by atoms with Gasteiger partial charge in [-0.25, -0.2) is 4.79 Å². The minimum absolute atomic E-state index is 0.121. The number of nitrogens with zero attached hydrogens (tertiary/aromatic N) is 3. The number of para-hydroxylation sites is 1. The molecule has 10 heteroatoms. The standard InChI is InChI=1S/C18H21N3O2.C2HF3O2/c1-12-16(13(2)23-19-12)10-20-8-14-9-21(18(22)17(14)11-20)15-6-4-3-5-7-15;3-2(4,5)1(6)7/h3-7,14,17H,8-11H2,1-2H3;(H,6,7). The highest BCUT2D eigenvalue weighted by atomic mass is 19.4. The molecule has 2 unspecified atom stereocenters. The fourth-order valence-corrected chi connectivity index (χ4v) is 3.87. The molecule has 3 heterocycles. The molecule has 0 spiro atoms. The summed E-state index contributed by atoms with van der Waals surface area (Å²) >= 11 is 0. The summed E-state index contributed by atoms with van der Waals surface area (Å²) < 4.78 is 37.0. The molecule has 4 rings (SSSR count). The lowest BCUT2D eigenvalue weighted by molar-refractivity contribution is -0.192. The van der Waals surface area contributed by atoms with Gasteiger partial charge in [0.2, 0.25) is 5.91 Å². The number of aliphatic carboxylic acids is 1.